The van der Waals surface area contributed by atoms with Gasteiger partial charge in [0.15, 0.2) is 9.84 Å². The third-order valence-electron chi connectivity index (χ3n) is 3.08. The summed E-state index contributed by atoms with van der Waals surface area (Å²) in [4.78, 5) is 11.9. The molecule has 0 aliphatic heterocycles. The van der Waals surface area contributed by atoms with Crippen molar-refractivity contribution >= 4 is 21.4 Å². The van der Waals surface area contributed by atoms with Gasteiger partial charge in [-0.05, 0) is 30.3 Å². The molecule has 8 heteroatoms. The molecule has 0 heterocycles. The van der Waals surface area contributed by atoms with Crippen LogP contribution in [0.4, 0.5) is 14.5 Å². The lowest BCUT2D eigenvalue weighted by Crippen LogP contribution is -2.13. The molecule has 0 saturated heterocycles. The van der Waals surface area contributed by atoms with E-state index in [0.717, 1.165) is 24.3 Å². The van der Waals surface area contributed by atoms with E-state index in [4.69, 9.17) is 0 Å². The maximum Gasteiger partial charge on any atom is 0.255 e. The first-order valence-corrected chi connectivity index (χ1v) is 8.21. The SMILES string of the molecule is CCS(=O)(=O)c1ccc(O)c(NC(=O)c2cc(F)cc(F)c2)c1. The van der Waals surface area contributed by atoms with Crippen molar-refractivity contribution in [2.45, 2.75) is 11.8 Å². The van der Waals surface area contributed by atoms with Gasteiger partial charge in [-0.3, -0.25) is 4.79 Å². The maximum atomic E-state index is 13.1. The summed E-state index contributed by atoms with van der Waals surface area (Å²) in [6.45, 7) is 1.45. The molecule has 23 heavy (non-hydrogen) atoms. The second-order valence-electron chi connectivity index (χ2n) is 4.69. The molecule has 0 aliphatic rings. The second-order valence-corrected chi connectivity index (χ2v) is 6.97. The van der Waals surface area contributed by atoms with Gasteiger partial charge in [-0.2, -0.15) is 0 Å². The van der Waals surface area contributed by atoms with Crippen molar-refractivity contribution in [1.82, 2.24) is 0 Å². The number of carbonyl (C=O) groups is 1. The van der Waals surface area contributed by atoms with E-state index in [-0.39, 0.29) is 27.6 Å². The number of sulfone groups is 1. The van der Waals surface area contributed by atoms with Crippen LogP contribution in [-0.4, -0.2) is 25.2 Å². The first-order chi connectivity index (χ1) is 10.7. The third kappa shape index (κ3) is 3.84. The highest BCUT2D eigenvalue weighted by Crippen LogP contribution is 2.27. The molecule has 1 amide bonds. The zero-order chi connectivity index (χ0) is 17.2. The number of hydrogen-bond acceptors (Lipinski definition) is 4. The van der Waals surface area contributed by atoms with Crippen LogP contribution >= 0.6 is 0 Å². The molecule has 0 bridgehead atoms. The van der Waals surface area contributed by atoms with Crippen molar-refractivity contribution in [2.24, 2.45) is 0 Å². The van der Waals surface area contributed by atoms with Gasteiger partial charge in [0.25, 0.3) is 5.91 Å². The molecule has 122 valence electrons. The van der Waals surface area contributed by atoms with Crippen molar-refractivity contribution in [3.05, 3.63) is 53.6 Å². The molecule has 2 aromatic rings. The van der Waals surface area contributed by atoms with Crippen molar-refractivity contribution < 1.29 is 27.1 Å². The monoisotopic (exact) mass is 341 g/mol. The molecule has 0 fully saturated rings. The Balaban J connectivity index is 2.36. The summed E-state index contributed by atoms with van der Waals surface area (Å²) in [7, 11) is -3.53. The highest BCUT2D eigenvalue weighted by molar-refractivity contribution is 7.91. The highest BCUT2D eigenvalue weighted by atomic mass is 32.2. The first kappa shape index (κ1) is 16.9. The minimum Gasteiger partial charge on any atom is -0.506 e. The van der Waals surface area contributed by atoms with Crippen LogP contribution in [-0.2, 0) is 9.84 Å². The predicted octanol–water partition coefficient (Wildman–Crippen LogP) is 2.72. The molecule has 2 N–H and O–H groups in total. The van der Waals surface area contributed by atoms with E-state index in [1.54, 1.807) is 0 Å². The minimum absolute atomic E-state index is 0.0847. The van der Waals surface area contributed by atoms with E-state index < -0.39 is 27.4 Å². The Hall–Kier alpha value is -2.48. The fourth-order valence-electron chi connectivity index (χ4n) is 1.85. The summed E-state index contributed by atoms with van der Waals surface area (Å²) in [5.74, 6) is -3.27. The summed E-state index contributed by atoms with van der Waals surface area (Å²) < 4.78 is 49.9. The summed E-state index contributed by atoms with van der Waals surface area (Å²) in [6.07, 6.45) is 0. The molecule has 0 radical (unpaired) electrons. The van der Waals surface area contributed by atoms with Gasteiger partial charge in [0.1, 0.15) is 17.4 Å². The van der Waals surface area contributed by atoms with E-state index in [9.17, 15) is 27.1 Å². The fourth-order valence-corrected chi connectivity index (χ4v) is 2.76. The number of hydrogen-bond donors (Lipinski definition) is 2. The summed E-state index contributed by atoms with van der Waals surface area (Å²) in [5.41, 5.74) is -0.472. The number of nitrogens with one attached hydrogen (secondary N) is 1. The zero-order valence-electron chi connectivity index (χ0n) is 12.0. The van der Waals surface area contributed by atoms with Crippen LogP contribution in [0, 0.1) is 11.6 Å². The quantitative estimate of drug-likeness (QED) is 0.838. The van der Waals surface area contributed by atoms with Crippen molar-refractivity contribution in [1.29, 1.82) is 0 Å². The smallest absolute Gasteiger partial charge is 0.255 e. The van der Waals surface area contributed by atoms with Crippen molar-refractivity contribution in [3.63, 3.8) is 0 Å². The number of amides is 1. The Morgan fingerprint density at radius 1 is 1.13 bits per heavy atom. The normalized spacial score (nSPS) is 11.3. The van der Waals surface area contributed by atoms with Crippen molar-refractivity contribution in [2.75, 3.05) is 11.1 Å². The summed E-state index contributed by atoms with van der Waals surface area (Å²) in [5, 5.41) is 12.0. The van der Waals surface area contributed by atoms with Gasteiger partial charge in [0.2, 0.25) is 0 Å². The average Bonchev–Trinajstić information content (AvgIpc) is 2.48. The lowest BCUT2D eigenvalue weighted by atomic mass is 10.2. The number of aromatic hydroxyl groups is 1. The van der Waals surface area contributed by atoms with Crippen LogP contribution in [0.1, 0.15) is 17.3 Å². The molecule has 5 nitrogen and oxygen atoms in total. The number of phenols is 1. The van der Waals surface area contributed by atoms with Gasteiger partial charge in [-0.15, -0.1) is 0 Å². The van der Waals surface area contributed by atoms with Crippen LogP contribution in [0.25, 0.3) is 0 Å². The highest BCUT2D eigenvalue weighted by Gasteiger charge is 2.16. The zero-order valence-corrected chi connectivity index (χ0v) is 12.8. The van der Waals surface area contributed by atoms with E-state index in [0.29, 0.717) is 6.07 Å². The van der Waals surface area contributed by atoms with Crippen LogP contribution in [0.5, 0.6) is 5.75 Å². The number of carbonyl (C=O) groups excluding carboxylic acids is 1. The number of halogens is 2. The Bertz CT molecular complexity index is 846. The third-order valence-corrected chi connectivity index (χ3v) is 4.81. The molecule has 2 rings (SSSR count). The molecule has 0 atom stereocenters. The van der Waals surface area contributed by atoms with Gasteiger partial charge in [-0.1, -0.05) is 6.92 Å². The number of anilines is 1. The Labute approximate surface area is 131 Å². The topological polar surface area (TPSA) is 83.5 Å². The maximum absolute atomic E-state index is 13.1. The van der Waals surface area contributed by atoms with Gasteiger partial charge in [0.05, 0.1) is 16.3 Å². The van der Waals surface area contributed by atoms with E-state index in [1.807, 2.05) is 0 Å². The number of benzene rings is 2. The minimum atomic E-state index is -3.53. The number of phenolic OH excluding ortho intramolecular Hbond substituents is 1. The van der Waals surface area contributed by atoms with Crippen LogP contribution in [0.3, 0.4) is 0 Å². The van der Waals surface area contributed by atoms with E-state index >= 15 is 0 Å². The Morgan fingerprint density at radius 3 is 2.30 bits per heavy atom. The molecule has 0 saturated carbocycles. The fraction of sp³-hybridized carbons (Fsp3) is 0.133. The molecule has 0 unspecified atom stereocenters. The lowest BCUT2D eigenvalue weighted by Gasteiger charge is -2.10. The van der Waals surface area contributed by atoms with Crippen LogP contribution in [0.2, 0.25) is 0 Å². The molecule has 0 aromatic heterocycles. The predicted molar refractivity (Wildman–Crippen MR) is 80.1 cm³/mol. The molecular formula is C15H13F2NO4S. The van der Waals surface area contributed by atoms with Gasteiger partial charge in [-0.25, -0.2) is 17.2 Å². The Kier molecular flexibility index (Phi) is 4.65. The molecule has 0 spiro atoms. The summed E-state index contributed by atoms with van der Waals surface area (Å²) in [6, 6.07) is 5.66. The van der Waals surface area contributed by atoms with Crippen LogP contribution < -0.4 is 5.32 Å². The average molecular weight is 341 g/mol. The van der Waals surface area contributed by atoms with Crippen molar-refractivity contribution in [3.8, 4) is 5.75 Å². The second kappa shape index (κ2) is 6.33. The molecular weight excluding hydrogens is 328 g/mol. The molecule has 0 aliphatic carbocycles. The van der Waals surface area contributed by atoms with E-state index in [1.165, 1.54) is 13.0 Å². The van der Waals surface area contributed by atoms with Crippen LogP contribution in [0.15, 0.2) is 41.3 Å². The Morgan fingerprint density at radius 2 is 1.74 bits per heavy atom. The number of rotatable bonds is 4. The summed E-state index contributed by atoms with van der Waals surface area (Å²) >= 11 is 0. The largest absolute Gasteiger partial charge is 0.506 e. The van der Waals surface area contributed by atoms with Gasteiger partial charge in [0, 0.05) is 11.6 Å². The van der Waals surface area contributed by atoms with Gasteiger partial charge >= 0.3 is 0 Å². The van der Waals surface area contributed by atoms with E-state index in [2.05, 4.69) is 5.32 Å². The van der Waals surface area contributed by atoms with Gasteiger partial charge < -0.3 is 10.4 Å². The molecule has 2 aromatic carbocycles. The first-order valence-electron chi connectivity index (χ1n) is 6.56. The lowest BCUT2D eigenvalue weighted by molar-refractivity contribution is 0.102. The standard InChI is InChI=1S/C15H13F2NO4S/c1-2-23(21,22)12-3-4-14(19)13(8-12)18-15(20)9-5-10(16)7-11(17)6-9/h3-8,19H,2H2,1H3,(H,18,20).